The lowest BCUT2D eigenvalue weighted by molar-refractivity contribution is 1.27. The molecule has 0 aliphatic heterocycles. The highest BCUT2D eigenvalue weighted by atomic mass is 79.9. The van der Waals surface area contributed by atoms with Crippen LogP contribution in [-0.2, 0) is 5.75 Å². The van der Waals surface area contributed by atoms with Gasteiger partial charge in [0.25, 0.3) is 0 Å². The summed E-state index contributed by atoms with van der Waals surface area (Å²) >= 11 is 6.94. The van der Waals surface area contributed by atoms with Gasteiger partial charge in [-0.05, 0) is 34.1 Å². The summed E-state index contributed by atoms with van der Waals surface area (Å²) in [6.45, 7) is 0. The molecule has 2 nitrogen and oxygen atoms in total. The molecule has 0 saturated carbocycles. The molecule has 0 fully saturated rings. The second-order valence-corrected chi connectivity index (χ2v) is 6.47. The topological polar surface area (TPSA) is 38.9 Å². The first-order chi connectivity index (χ1) is 7.25. The van der Waals surface area contributed by atoms with E-state index in [0.717, 1.165) is 16.3 Å². The Bertz CT molecular complexity index is 456. The van der Waals surface area contributed by atoms with Gasteiger partial charge in [0, 0.05) is 21.7 Å². The molecule has 0 aliphatic carbocycles. The molecule has 78 valence electrons. The minimum Gasteiger partial charge on any atom is -0.397 e. The number of thioether (sulfide) groups is 1. The summed E-state index contributed by atoms with van der Waals surface area (Å²) in [6, 6.07) is 6.14. The molecular weight excluding hydrogens is 292 g/mol. The van der Waals surface area contributed by atoms with Gasteiger partial charge in [-0.25, -0.2) is 0 Å². The van der Waals surface area contributed by atoms with Crippen LogP contribution >= 0.6 is 39.0 Å². The quantitative estimate of drug-likeness (QED) is 0.877. The number of halogens is 1. The first-order valence-corrected chi connectivity index (χ1v) is 6.92. The Morgan fingerprint density at radius 3 is 2.93 bits per heavy atom. The summed E-state index contributed by atoms with van der Waals surface area (Å²) in [6.07, 6.45) is 3.45. The van der Waals surface area contributed by atoms with Crippen molar-refractivity contribution in [1.82, 2.24) is 4.98 Å². The van der Waals surface area contributed by atoms with Crippen LogP contribution in [0.3, 0.4) is 0 Å². The fraction of sp³-hybridized carbons (Fsp3) is 0.100. The number of pyridine rings is 1. The third kappa shape index (κ3) is 2.96. The van der Waals surface area contributed by atoms with Gasteiger partial charge in [0.05, 0.1) is 15.7 Å². The van der Waals surface area contributed by atoms with Crippen molar-refractivity contribution < 1.29 is 0 Å². The molecule has 2 aromatic rings. The number of anilines is 1. The summed E-state index contributed by atoms with van der Waals surface area (Å²) in [5.74, 6) is 0.949. The zero-order valence-corrected chi connectivity index (χ0v) is 11.0. The number of rotatable bonds is 3. The standard InChI is InChI=1S/C10H9BrN2S2/c11-10-2-1-7(15-10)6-14-9-3-4-13-5-8(9)12/h1-5H,6,12H2. The molecule has 2 heterocycles. The number of hydrogen-bond donors (Lipinski definition) is 1. The first kappa shape index (κ1) is 11.0. The van der Waals surface area contributed by atoms with Crippen LogP contribution in [0, 0.1) is 0 Å². The maximum Gasteiger partial charge on any atom is 0.0701 e. The Balaban J connectivity index is 2.02. The lowest BCUT2D eigenvalue weighted by Gasteiger charge is -2.02. The molecule has 0 atom stereocenters. The Labute approximate surface area is 105 Å². The molecule has 0 bridgehead atoms. The molecule has 0 saturated heterocycles. The number of thiophene rings is 1. The van der Waals surface area contributed by atoms with Crippen molar-refractivity contribution in [1.29, 1.82) is 0 Å². The highest BCUT2D eigenvalue weighted by Gasteiger charge is 2.02. The maximum absolute atomic E-state index is 5.80. The van der Waals surface area contributed by atoms with Gasteiger partial charge in [-0.2, -0.15) is 0 Å². The van der Waals surface area contributed by atoms with Crippen molar-refractivity contribution in [3.05, 3.63) is 39.3 Å². The molecule has 0 amide bonds. The molecule has 2 rings (SSSR count). The van der Waals surface area contributed by atoms with Gasteiger partial charge >= 0.3 is 0 Å². The second kappa shape index (κ2) is 5.01. The Hall–Kier alpha value is -0.520. The van der Waals surface area contributed by atoms with Crippen molar-refractivity contribution in [3.8, 4) is 0 Å². The molecule has 0 aliphatic rings. The van der Waals surface area contributed by atoms with Crippen LogP contribution in [-0.4, -0.2) is 4.98 Å². The normalized spacial score (nSPS) is 10.5. The Morgan fingerprint density at radius 2 is 2.27 bits per heavy atom. The van der Waals surface area contributed by atoms with Crippen molar-refractivity contribution in [2.24, 2.45) is 0 Å². The van der Waals surface area contributed by atoms with Gasteiger partial charge < -0.3 is 5.73 Å². The van der Waals surface area contributed by atoms with Crippen LogP contribution in [0.5, 0.6) is 0 Å². The van der Waals surface area contributed by atoms with Gasteiger partial charge in [-0.1, -0.05) is 0 Å². The zero-order chi connectivity index (χ0) is 10.7. The van der Waals surface area contributed by atoms with Crippen LogP contribution in [0.4, 0.5) is 5.69 Å². The maximum atomic E-state index is 5.80. The minimum absolute atomic E-state index is 0.748. The number of nitrogens with two attached hydrogens (primary N) is 1. The van der Waals surface area contributed by atoms with Gasteiger partial charge in [-0.3, -0.25) is 4.98 Å². The highest BCUT2D eigenvalue weighted by molar-refractivity contribution is 9.11. The molecule has 0 spiro atoms. The summed E-state index contributed by atoms with van der Waals surface area (Å²) in [5, 5.41) is 0. The van der Waals surface area contributed by atoms with E-state index in [-0.39, 0.29) is 0 Å². The highest BCUT2D eigenvalue weighted by Crippen LogP contribution is 2.31. The third-order valence-corrected chi connectivity index (χ3v) is 4.75. The molecule has 0 unspecified atom stereocenters. The average molecular weight is 301 g/mol. The Morgan fingerprint density at radius 1 is 1.40 bits per heavy atom. The van der Waals surface area contributed by atoms with Crippen molar-refractivity contribution in [3.63, 3.8) is 0 Å². The van der Waals surface area contributed by atoms with Crippen molar-refractivity contribution in [2.45, 2.75) is 10.6 Å². The zero-order valence-electron chi connectivity index (χ0n) is 7.81. The van der Waals surface area contributed by atoms with E-state index in [2.05, 4.69) is 33.0 Å². The van der Waals surface area contributed by atoms with E-state index in [0.29, 0.717) is 0 Å². The lowest BCUT2D eigenvalue weighted by Crippen LogP contribution is -1.89. The predicted octanol–water partition coefficient (Wildman–Crippen LogP) is 3.78. The van der Waals surface area contributed by atoms with Gasteiger partial charge in [0.15, 0.2) is 0 Å². The van der Waals surface area contributed by atoms with E-state index < -0.39 is 0 Å². The molecule has 0 aromatic carbocycles. The van der Waals surface area contributed by atoms with Crippen LogP contribution in [0.15, 0.2) is 39.3 Å². The van der Waals surface area contributed by atoms with Gasteiger partial charge in [0.1, 0.15) is 0 Å². The fourth-order valence-electron chi connectivity index (χ4n) is 1.10. The molecule has 0 radical (unpaired) electrons. The Kier molecular flexibility index (Phi) is 3.66. The van der Waals surface area contributed by atoms with E-state index in [1.165, 1.54) is 8.66 Å². The van der Waals surface area contributed by atoms with E-state index in [4.69, 9.17) is 5.73 Å². The number of hydrogen-bond acceptors (Lipinski definition) is 4. The smallest absolute Gasteiger partial charge is 0.0701 e. The molecule has 5 heteroatoms. The van der Waals surface area contributed by atoms with E-state index >= 15 is 0 Å². The number of nitrogen functional groups attached to an aromatic ring is 1. The van der Waals surface area contributed by atoms with E-state index in [1.807, 2.05) is 6.07 Å². The first-order valence-electron chi connectivity index (χ1n) is 4.32. The molecule has 15 heavy (non-hydrogen) atoms. The minimum atomic E-state index is 0.748. The van der Waals surface area contributed by atoms with E-state index in [1.54, 1.807) is 35.5 Å². The lowest BCUT2D eigenvalue weighted by atomic mass is 10.4. The van der Waals surface area contributed by atoms with Crippen molar-refractivity contribution in [2.75, 3.05) is 5.73 Å². The van der Waals surface area contributed by atoms with Gasteiger partial charge in [0.2, 0.25) is 0 Å². The van der Waals surface area contributed by atoms with Gasteiger partial charge in [-0.15, -0.1) is 23.1 Å². The number of nitrogens with zero attached hydrogens (tertiary/aromatic N) is 1. The van der Waals surface area contributed by atoms with E-state index in [9.17, 15) is 0 Å². The largest absolute Gasteiger partial charge is 0.397 e. The average Bonchev–Trinajstić information content (AvgIpc) is 2.63. The number of aromatic nitrogens is 1. The predicted molar refractivity (Wildman–Crippen MR) is 70.2 cm³/mol. The summed E-state index contributed by atoms with van der Waals surface area (Å²) < 4.78 is 1.17. The summed E-state index contributed by atoms with van der Waals surface area (Å²) in [5.41, 5.74) is 6.55. The summed E-state index contributed by atoms with van der Waals surface area (Å²) in [7, 11) is 0. The SMILES string of the molecule is Nc1cnccc1SCc1ccc(Br)s1. The molecule has 2 N–H and O–H groups in total. The summed E-state index contributed by atoms with van der Waals surface area (Å²) in [4.78, 5) is 6.39. The molecule has 2 aromatic heterocycles. The monoisotopic (exact) mass is 300 g/mol. The van der Waals surface area contributed by atoms with Crippen LogP contribution in [0.1, 0.15) is 4.88 Å². The van der Waals surface area contributed by atoms with Crippen LogP contribution in [0.25, 0.3) is 0 Å². The van der Waals surface area contributed by atoms with Crippen LogP contribution in [0.2, 0.25) is 0 Å². The fourth-order valence-corrected chi connectivity index (χ4v) is 3.57. The van der Waals surface area contributed by atoms with Crippen LogP contribution < -0.4 is 5.73 Å². The molecular formula is C10H9BrN2S2. The van der Waals surface area contributed by atoms with Crippen molar-refractivity contribution >= 4 is 44.7 Å². The second-order valence-electron chi connectivity index (χ2n) is 2.91. The third-order valence-electron chi connectivity index (χ3n) is 1.81.